The predicted octanol–water partition coefficient (Wildman–Crippen LogP) is 4.17. The van der Waals surface area contributed by atoms with E-state index in [-0.39, 0.29) is 12.5 Å². The highest BCUT2D eigenvalue weighted by molar-refractivity contribution is 9.11. The lowest BCUT2D eigenvalue weighted by Crippen LogP contribution is -2.17. The van der Waals surface area contributed by atoms with Gasteiger partial charge in [-0.3, -0.25) is 4.79 Å². The van der Waals surface area contributed by atoms with Crippen molar-refractivity contribution in [2.75, 3.05) is 6.79 Å². The number of carbonyl (C=O) groups excluding carboxylic acids is 1. The van der Waals surface area contributed by atoms with Crippen molar-refractivity contribution in [2.45, 2.75) is 0 Å². The summed E-state index contributed by atoms with van der Waals surface area (Å²) in [6.07, 6.45) is 1.42. The molecule has 0 aromatic heterocycles. The molecule has 0 fully saturated rings. The number of carbonyl (C=O) groups is 1. The smallest absolute Gasteiger partial charge is 0.271 e. The average Bonchev–Trinajstić information content (AvgIpc) is 3.03. The van der Waals surface area contributed by atoms with E-state index in [0.29, 0.717) is 36.0 Å². The van der Waals surface area contributed by atoms with Crippen LogP contribution >= 0.6 is 47.8 Å². The first-order valence-electron chi connectivity index (χ1n) is 6.57. The van der Waals surface area contributed by atoms with E-state index in [1.165, 1.54) is 6.21 Å². The molecule has 2 aromatic carbocycles. The van der Waals surface area contributed by atoms with E-state index in [2.05, 4.69) is 58.3 Å². The van der Waals surface area contributed by atoms with Crippen molar-refractivity contribution < 1.29 is 19.4 Å². The molecule has 24 heavy (non-hydrogen) atoms. The minimum absolute atomic E-state index is 0.0433. The highest BCUT2D eigenvalue weighted by Gasteiger charge is 2.16. The van der Waals surface area contributed by atoms with Gasteiger partial charge in [-0.15, -0.1) is 0 Å². The second-order valence-corrected chi connectivity index (χ2v) is 7.19. The number of hydrazone groups is 1. The molecule has 0 saturated heterocycles. The Hall–Kier alpha value is -1.58. The van der Waals surface area contributed by atoms with Crippen LogP contribution in [0.5, 0.6) is 17.2 Å². The molecule has 1 amide bonds. The third-order valence-electron chi connectivity index (χ3n) is 3.18. The van der Waals surface area contributed by atoms with Crippen LogP contribution in [0.2, 0.25) is 0 Å². The number of phenolic OH excluding ortho intramolecular Hbond substituents is 1. The summed E-state index contributed by atoms with van der Waals surface area (Å²) in [5.41, 5.74) is 3.41. The van der Waals surface area contributed by atoms with Crippen LogP contribution in [0.3, 0.4) is 0 Å². The number of nitrogens with zero attached hydrogens (tertiary/aromatic N) is 1. The van der Waals surface area contributed by atoms with Crippen LogP contribution in [-0.4, -0.2) is 24.0 Å². The lowest BCUT2D eigenvalue weighted by atomic mass is 10.2. The zero-order valence-electron chi connectivity index (χ0n) is 11.8. The molecule has 0 bridgehead atoms. The zero-order chi connectivity index (χ0) is 17.3. The Morgan fingerprint density at radius 3 is 2.71 bits per heavy atom. The predicted molar refractivity (Wildman–Crippen MR) is 98.8 cm³/mol. The van der Waals surface area contributed by atoms with E-state index in [1.807, 2.05) is 0 Å². The molecule has 0 atom stereocenters. The topological polar surface area (TPSA) is 80.2 Å². The Morgan fingerprint density at radius 1 is 1.17 bits per heavy atom. The molecule has 1 aliphatic heterocycles. The van der Waals surface area contributed by atoms with Crippen molar-refractivity contribution in [3.05, 3.63) is 48.8 Å². The van der Waals surface area contributed by atoms with Crippen LogP contribution in [0, 0.1) is 0 Å². The molecule has 0 aliphatic carbocycles. The van der Waals surface area contributed by atoms with Crippen LogP contribution in [0.1, 0.15) is 15.9 Å². The minimum atomic E-state index is -0.391. The lowest BCUT2D eigenvalue weighted by Gasteiger charge is -2.07. The molecular weight excluding hydrogens is 512 g/mol. The van der Waals surface area contributed by atoms with Crippen LogP contribution in [-0.2, 0) is 0 Å². The Balaban J connectivity index is 1.75. The third-order valence-corrected chi connectivity index (χ3v) is 5.24. The monoisotopic (exact) mass is 518 g/mol. The van der Waals surface area contributed by atoms with Crippen molar-refractivity contribution in [3.8, 4) is 17.2 Å². The molecule has 6 nitrogen and oxygen atoms in total. The third kappa shape index (κ3) is 3.42. The Kier molecular flexibility index (Phi) is 5.12. The first kappa shape index (κ1) is 17.2. The summed E-state index contributed by atoms with van der Waals surface area (Å²) in [6, 6.07) is 6.56. The van der Waals surface area contributed by atoms with E-state index in [0.717, 1.165) is 0 Å². The van der Waals surface area contributed by atoms with E-state index in [1.54, 1.807) is 24.3 Å². The van der Waals surface area contributed by atoms with E-state index >= 15 is 0 Å². The van der Waals surface area contributed by atoms with Gasteiger partial charge in [-0.1, -0.05) is 15.9 Å². The number of hydrogen-bond donors (Lipinski definition) is 2. The minimum Gasteiger partial charge on any atom is -0.506 e. The van der Waals surface area contributed by atoms with Crippen LogP contribution < -0.4 is 14.9 Å². The summed E-state index contributed by atoms with van der Waals surface area (Å²) in [5, 5.41) is 13.8. The summed E-state index contributed by atoms with van der Waals surface area (Å²) in [4.78, 5) is 12.1. The standard InChI is InChI=1S/C15H9Br3N2O4/c16-9-4-10(17)14(21)13(18)8(9)5-19-20-15(22)7-1-2-11-12(3-7)24-6-23-11/h1-5,21H,6H2,(H,20,22)/b19-5-. The molecule has 0 saturated carbocycles. The number of nitrogens with one attached hydrogen (secondary N) is 1. The highest BCUT2D eigenvalue weighted by atomic mass is 79.9. The van der Waals surface area contributed by atoms with E-state index in [4.69, 9.17) is 9.47 Å². The molecular formula is C15H9Br3N2O4. The van der Waals surface area contributed by atoms with E-state index < -0.39 is 5.91 Å². The maximum absolute atomic E-state index is 12.1. The largest absolute Gasteiger partial charge is 0.506 e. The molecule has 1 aliphatic rings. The summed E-state index contributed by atoms with van der Waals surface area (Å²) in [7, 11) is 0. The number of fused-ring (bicyclic) bond motifs is 1. The van der Waals surface area contributed by atoms with Gasteiger partial charge in [0.05, 0.1) is 15.2 Å². The fraction of sp³-hybridized carbons (Fsp3) is 0.0667. The van der Waals surface area contributed by atoms with E-state index in [9.17, 15) is 9.90 Å². The fourth-order valence-corrected chi connectivity index (χ4v) is 4.30. The number of aromatic hydroxyl groups is 1. The number of amides is 1. The molecule has 3 rings (SSSR count). The Bertz CT molecular complexity index is 855. The number of rotatable bonds is 3. The first-order valence-corrected chi connectivity index (χ1v) is 8.95. The van der Waals surface area contributed by atoms with Crippen molar-refractivity contribution in [3.63, 3.8) is 0 Å². The average molecular weight is 521 g/mol. The molecule has 0 spiro atoms. The van der Waals surface area contributed by atoms with Crippen LogP contribution in [0.4, 0.5) is 0 Å². The molecule has 9 heteroatoms. The molecule has 124 valence electrons. The second kappa shape index (κ2) is 7.12. The summed E-state index contributed by atoms with van der Waals surface area (Å²) in [5.74, 6) is 0.781. The molecule has 1 heterocycles. The number of phenols is 1. The lowest BCUT2D eigenvalue weighted by molar-refractivity contribution is 0.0954. The van der Waals surface area contributed by atoms with Crippen molar-refractivity contribution in [1.82, 2.24) is 5.43 Å². The summed E-state index contributed by atoms with van der Waals surface area (Å²) in [6.45, 7) is 0.147. The van der Waals surface area contributed by atoms with Gasteiger partial charge < -0.3 is 14.6 Å². The normalized spacial score (nSPS) is 12.6. The molecule has 2 aromatic rings. The Morgan fingerprint density at radius 2 is 1.92 bits per heavy atom. The Labute approximate surface area is 162 Å². The van der Waals surface area contributed by atoms with Gasteiger partial charge in [0.15, 0.2) is 11.5 Å². The summed E-state index contributed by atoms with van der Waals surface area (Å²) >= 11 is 9.89. The number of halogens is 3. The molecule has 0 radical (unpaired) electrons. The van der Waals surface area contributed by atoms with Gasteiger partial charge in [-0.25, -0.2) is 5.43 Å². The highest BCUT2D eigenvalue weighted by Crippen LogP contribution is 2.38. The number of hydrogen-bond acceptors (Lipinski definition) is 5. The zero-order valence-corrected chi connectivity index (χ0v) is 16.6. The summed E-state index contributed by atoms with van der Waals surface area (Å²) < 4.78 is 12.1. The van der Waals surface area contributed by atoms with Gasteiger partial charge in [0.1, 0.15) is 5.75 Å². The van der Waals surface area contributed by atoms with Crippen LogP contribution in [0.15, 0.2) is 42.8 Å². The maximum Gasteiger partial charge on any atom is 0.271 e. The van der Waals surface area contributed by atoms with Gasteiger partial charge in [-0.05, 0) is 56.1 Å². The van der Waals surface area contributed by atoms with Crippen molar-refractivity contribution >= 4 is 59.9 Å². The first-order chi connectivity index (χ1) is 11.5. The van der Waals surface area contributed by atoms with Crippen molar-refractivity contribution in [2.24, 2.45) is 5.10 Å². The number of benzene rings is 2. The van der Waals surface area contributed by atoms with Gasteiger partial charge in [0, 0.05) is 15.6 Å². The SMILES string of the molecule is O=C(N/N=C\c1c(Br)cc(Br)c(O)c1Br)c1ccc2c(c1)OCO2. The van der Waals surface area contributed by atoms with Crippen molar-refractivity contribution in [1.29, 1.82) is 0 Å². The molecule has 0 unspecified atom stereocenters. The van der Waals surface area contributed by atoms with Gasteiger partial charge in [0.2, 0.25) is 6.79 Å². The van der Waals surface area contributed by atoms with Crippen LogP contribution in [0.25, 0.3) is 0 Å². The van der Waals surface area contributed by atoms with Gasteiger partial charge in [0.25, 0.3) is 5.91 Å². The number of ether oxygens (including phenoxy) is 2. The second-order valence-electron chi connectivity index (χ2n) is 4.68. The fourth-order valence-electron chi connectivity index (χ4n) is 1.97. The maximum atomic E-state index is 12.1. The van der Waals surface area contributed by atoms with Gasteiger partial charge >= 0.3 is 0 Å². The molecule has 2 N–H and O–H groups in total. The van der Waals surface area contributed by atoms with Gasteiger partial charge in [-0.2, -0.15) is 5.10 Å². The quantitative estimate of drug-likeness (QED) is 0.470.